The number of nitrogens with two attached hydrogens (primary N) is 1. The van der Waals surface area contributed by atoms with Gasteiger partial charge in [-0.3, -0.25) is 4.98 Å². The Hall–Kier alpha value is -1.20. The summed E-state index contributed by atoms with van der Waals surface area (Å²) in [5.74, 6) is 0. The molecule has 2 N–H and O–H groups in total. The van der Waals surface area contributed by atoms with E-state index in [1.807, 2.05) is 12.1 Å². The number of hydrogen-bond acceptors (Lipinski definition) is 4. The van der Waals surface area contributed by atoms with Crippen molar-refractivity contribution in [2.75, 3.05) is 18.1 Å². The van der Waals surface area contributed by atoms with Gasteiger partial charge in [-0.25, -0.2) is 0 Å². The molecule has 1 aliphatic rings. The minimum Gasteiger partial charge on any atom is -0.388 e. The number of morpholine rings is 1. The predicted octanol–water partition coefficient (Wildman–Crippen LogP) is 1.72. The molecular formula is C13H19N3OS. The Morgan fingerprint density at radius 1 is 1.67 bits per heavy atom. The molecule has 1 fully saturated rings. The second kappa shape index (κ2) is 5.63. The zero-order valence-corrected chi connectivity index (χ0v) is 11.6. The number of aromatic nitrogens is 1. The van der Waals surface area contributed by atoms with Crippen molar-refractivity contribution >= 4 is 22.9 Å². The zero-order chi connectivity index (χ0) is 13.1. The van der Waals surface area contributed by atoms with Crippen molar-refractivity contribution in [2.45, 2.75) is 32.4 Å². The lowest BCUT2D eigenvalue weighted by Crippen LogP contribution is -2.49. The molecule has 0 bridgehead atoms. The Morgan fingerprint density at radius 2 is 2.44 bits per heavy atom. The van der Waals surface area contributed by atoms with Crippen molar-refractivity contribution in [3.63, 3.8) is 0 Å². The molecule has 0 saturated carbocycles. The standard InChI is InChI=1S/C13H19N3OS/c1-3-10-8-17-9(2)7-16(10)11-5-4-6-15-12(11)13(14)18/h4-6,9-10H,3,7-8H2,1-2H3,(H2,14,18). The maximum Gasteiger partial charge on any atom is 0.124 e. The highest BCUT2D eigenvalue weighted by molar-refractivity contribution is 7.80. The number of hydrogen-bond donors (Lipinski definition) is 1. The first-order valence-electron chi connectivity index (χ1n) is 6.26. The summed E-state index contributed by atoms with van der Waals surface area (Å²) >= 11 is 5.08. The van der Waals surface area contributed by atoms with Crippen LogP contribution in [0.4, 0.5) is 5.69 Å². The van der Waals surface area contributed by atoms with Gasteiger partial charge in [0.2, 0.25) is 0 Å². The Kier molecular flexibility index (Phi) is 4.14. The van der Waals surface area contributed by atoms with Crippen LogP contribution in [0.2, 0.25) is 0 Å². The second-order valence-electron chi connectivity index (χ2n) is 4.59. The van der Waals surface area contributed by atoms with Crippen LogP contribution in [0.3, 0.4) is 0 Å². The van der Waals surface area contributed by atoms with Crippen molar-refractivity contribution in [1.29, 1.82) is 0 Å². The van der Waals surface area contributed by atoms with E-state index in [1.54, 1.807) is 6.20 Å². The minimum absolute atomic E-state index is 0.215. The molecule has 0 spiro atoms. The van der Waals surface area contributed by atoms with E-state index in [0.717, 1.165) is 25.3 Å². The Bertz CT molecular complexity index is 438. The van der Waals surface area contributed by atoms with E-state index in [-0.39, 0.29) is 6.10 Å². The van der Waals surface area contributed by atoms with Crippen molar-refractivity contribution in [1.82, 2.24) is 4.98 Å². The SMILES string of the molecule is CCC1COC(C)CN1c1cccnc1C(N)=S. The number of pyridine rings is 1. The molecule has 1 aromatic heterocycles. The lowest BCUT2D eigenvalue weighted by atomic mass is 10.1. The minimum atomic E-state index is 0.215. The maximum atomic E-state index is 5.75. The third kappa shape index (κ3) is 2.62. The monoisotopic (exact) mass is 265 g/mol. The van der Waals surface area contributed by atoms with E-state index in [4.69, 9.17) is 22.7 Å². The number of thiocarbonyl (C=S) groups is 1. The third-order valence-corrected chi connectivity index (χ3v) is 3.46. The molecule has 1 saturated heterocycles. The van der Waals surface area contributed by atoms with Crippen molar-refractivity contribution in [2.24, 2.45) is 5.73 Å². The molecule has 2 heterocycles. The van der Waals surface area contributed by atoms with E-state index in [1.165, 1.54) is 0 Å². The van der Waals surface area contributed by atoms with E-state index in [9.17, 15) is 0 Å². The highest BCUT2D eigenvalue weighted by Crippen LogP contribution is 2.25. The summed E-state index contributed by atoms with van der Waals surface area (Å²) < 4.78 is 5.71. The van der Waals surface area contributed by atoms with Gasteiger partial charge in [-0.1, -0.05) is 19.1 Å². The van der Waals surface area contributed by atoms with Gasteiger partial charge < -0.3 is 15.4 Å². The third-order valence-electron chi connectivity index (χ3n) is 3.27. The van der Waals surface area contributed by atoms with E-state index in [0.29, 0.717) is 16.7 Å². The Morgan fingerprint density at radius 3 is 3.11 bits per heavy atom. The molecule has 5 heteroatoms. The molecule has 4 nitrogen and oxygen atoms in total. The van der Waals surface area contributed by atoms with Gasteiger partial charge in [0, 0.05) is 12.7 Å². The van der Waals surface area contributed by atoms with Crippen molar-refractivity contribution in [3.05, 3.63) is 24.0 Å². The topological polar surface area (TPSA) is 51.4 Å². The van der Waals surface area contributed by atoms with Gasteiger partial charge >= 0.3 is 0 Å². The molecule has 1 aromatic rings. The van der Waals surface area contributed by atoms with Crippen LogP contribution in [0, 0.1) is 0 Å². The van der Waals surface area contributed by atoms with Crippen LogP contribution < -0.4 is 10.6 Å². The molecule has 0 aromatic carbocycles. The van der Waals surface area contributed by atoms with Gasteiger partial charge in [-0.2, -0.15) is 0 Å². The number of anilines is 1. The summed E-state index contributed by atoms with van der Waals surface area (Å²) in [6, 6.07) is 4.31. The largest absolute Gasteiger partial charge is 0.388 e. The summed E-state index contributed by atoms with van der Waals surface area (Å²) in [7, 11) is 0. The number of rotatable bonds is 3. The molecule has 2 unspecified atom stereocenters. The van der Waals surface area contributed by atoms with Gasteiger partial charge in [0.25, 0.3) is 0 Å². The summed E-state index contributed by atoms with van der Waals surface area (Å²) in [6.07, 6.45) is 2.97. The predicted molar refractivity (Wildman–Crippen MR) is 77.0 cm³/mol. The molecule has 2 rings (SSSR count). The van der Waals surface area contributed by atoms with Crippen LogP contribution in [0.15, 0.2) is 18.3 Å². The average Bonchev–Trinajstić information content (AvgIpc) is 2.38. The van der Waals surface area contributed by atoms with Gasteiger partial charge in [-0.15, -0.1) is 0 Å². The van der Waals surface area contributed by atoms with Crippen LogP contribution in [0.1, 0.15) is 26.0 Å². The van der Waals surface area contributed by atoms with Gasteiger partial charge in [0.05, 0.1) is 24.4 Å². The van der Waals surface area contributed by atoms with E-state index >= 15 is 0 Å². The molecule has 0 radical (unpaired) electrons. The van der Waals surface area contributed by atoms with Crippen molar-refractivity contribution in [3.8, 4) is 0 Å². The maximum absolute atomic E-state index is 5.75. The molecule has 2 atom stereocenters. The molecule has 1 aliphatic heterocycles. The summed E-state index contributed by atoms with van der Waals surface area (Å²) in [5.41, 5.74) is 7.48. The molecular weight excluding hydrogens is 246 g/mol. The highest BCUT2D eigenvalue weighted by Gasteiger charge is 2.27. The highest BCUT2D eigenvalue weighted by atomic mass is 32.1. The van der Waals surface area contributed by atoms with Crippen LogP contribution in [0.5, 0.6) is 0 Å². The normalized spacial score (nSPS) is 24.0. The average molecular weight is 265 g/mol. The van der Waals surface area contributed by atoms with Crippen LogP contribution in [-0.4, -0.2) is 35.3 Å². The zero-order valence-electron chi connectivity index (χ0n) is 10.8. The Labute approximate surface area is 113 Å². The first-order valence-corrected chi connectivity index (χ1v) is 6.67. The summed E-state index contributed by atoms with van der Waals surface area (Å²) in [4.78, 5) is 6.96. The van der Waals surface area contributed by atoms with Crippen LogP contribution in [0.25, 0.3) is 0 Å². The number of nitrogens with zero attached hydrogens (tertiary/aromatic N) is 2. The summed E-state index contributed by atoms with van der Waals surface area (Å²) in [5, 5.41) is 0. The Balaban J connectivity index is 2.36. The molecule has 98 valence electrons. The molecule has 0 aliphatic carbocycles. The van der Waals surface area contributed by atoms with Crippen LogP contribution in [-0.2, 0) is 4.74 Å². The first kappa shape index (κ1) is 13.2. The quantitative estimate of drug-likeness (QED) is 0.843. The van der Waals surface area contributed by atoms with Gasteiger partial charge in [0.1, 0.15) is 10.7 Å². The fourth-order valence-corrected chi connectivity index (χ4v) is 2.45. The molecule has 18 heavy (non-hydrogen) atoms. The van der Waals surface area contributed by atoms with Crippen LogP contribution >= 0.6 is 12.2 Å². The lowest BCUT2D eigenvalue weighted by molar-refractivity contribution is 0.0299. The lowest BCUT2D eigenvalue weighted by Gasteiger charge is -2.40. The van der Waals surface area contributed by atoms with E-state index < -0.39 is 0 Å². The second-order valence-corrected chi connectivity index (χ2v) is 5.03. The van der Waals surface area contributed by atoms with Gasteiger partial charge in [-0.05, 0) is 25.5 Å². The smallest absolute Gasteiger partial charge is 0.124 e. The van der Waals surface area contributed by atoms with Crippen molar-refractivity contribution < 1.29 is 4.74 Å². The first-order chi connectivity index (χ1) is 8.63. The number of ether oxygens (including phenoxy) is 1. The fourth-order valence-electron chi connectivity index (χ4n) is 2.30. The molecule has 0 amide bonds. The fraction of sp³-hybridized carbons (Fsp3) is 0.538. The van der Waals surface area contributed by atoms with E-state index in [2.05, 4.69) is 23.7 Å². The summed E-state index contributed by atoms with van der Waals surface area (Å²) in [6.45, 7) is 5.83. The van der Waals surface area contributed by atoms with Gasteiger partial charge in [0.15, 0.2) is 0 Å².